The van der Waals surface area contributed by atoms with Crippen LogP contribution in [0.5, 0.6) is 0 Å². The Kier molecular flexibility index (Phi) is 3.59. The van der Waals surface area contributed by atoms with Gasteiger partial charge in [0.15, 0.2) is 0 Å². The van der Waals surface area contributed by atoms with Gasteiger partial charge >= 0.3 is 0 Å². The fourth-order valence-electron chi connectivity index (χ4n) is 1.32. The van der Waals surface area contributed by atoms with Crippen molar-refractivity contribution in [3.8, 4) is 0 Å². The third-order valence-corrected chi connectivity index (χ3v) is 3.52. The van der Waals surface area contributed by atoms with E-state index in [4.69, 9.17) is 0 Å². The third-order valence-electron chi connectivity index (χ3n) is 2.04. The lowest BCUT2D eigenvalue weighted by Crippen LogP contribution is -3.00. The van der Waals surface area contributed by atoms with Crippen LogP contribution in [-0.4, -0.2) is 0 Å². The number of halogens is 1. The molecule has 0 fully saturated rings. The topological polar surface area (TPSA) is 3.88 Å². The highest BCUT2D eigenvalue weighted by Crippen LogP contribution is 2.24. The van der Waals surface area contributed by atoms with Crippen LogP contribution in [0.25, 0.3) is 10.2 Å². The van der Waals surface area contributed by atoms with Gasteiger partial charge in [0.25, 0.3) is 0 Å². The van der Waals surface area contributed by atoms with Gasteiger partial charge in [-0.15, -0.1) is 12.6 Å². The number of benzene rings is 1. The summed E-state index contributed by atoms with van der Waals surface area (Å²) in [5.74, 6) is 0. The maximum absolute atomic E-state index is 4.42. The Morgan fingerprint density at radius 2 is 2.08 bits per heavy atom. The zero-order chi connectivity index (χ0) is 8.72. The first-order valence-corrected chi connectivity index (χ1v) is 5.03. The van der Waals surface area contributed by atoms with E-state index in [9.17, 15) is 0 Å². The van der Waals surface area contributed by atoms with E-state index >= 15 is 0 Å². The van der Waals surface area contributed by atoms with Gasteiger partial charge in [-0.1, -0.05) is 17.4 Å². The summed E-state index contributed by atoms with van der Waals surface area (Å²) in [5, 5.41) is 1.31. The molecule has 0 radical (unpaired) electrons. The minimum Gasteiger partial charge on any atom is -1.00 e. The molecular weight excluding hydrogens is 313 g/mol. The number of aromatic nitrogens is 1. The standard InChI is InChI=1S/C9H9NS2.HI/c1-6-10(2)9-7(11)4-3-5-8(9)12-6;/h3-5H,1-2H3;1H. The lowest BCUT2D eigenvalue weighted by atomic mass is 10.3. The Balaban J connectivity index is 0.000000845. The average molecular weight is 323 g/mol. The van der Waals surface area contributed by atoms with E-state index in [1.807, 2.05) is 12.1 Å². The molecule has 70 valence electrons. The first-order valence-electron chi connectivity index (χ1n) is 3.77. The second kappa shape index (κ2) is 4.14. The molecule has 1 aromatic heterocycles. The summed E-state index contributed by atoms with van der Waals surface area (Å²) < 4.78 is 3.49. The molecule has 0 atom stereocenters. The highest BCUT2D eigenvalue weighted by Gasteiger charge is 2.14. The monoisotopic (exact) mass is 323 g/mol. The van der Waals surface area contributed by atoms with Crippen LogP contribution in [0.15, 0.2) is 23.1 Å². The second-order valence-corrected chi connectivity index (χ2v) is 4.52. The number of thiol groups is 1. The smallest absolute Gasteiger partial charge is 0.236 e. The number of fused-ring (bicyclic) bond motifs is 1. The van der Waals surface area contributed by atoms with E-state index in [0.717, 1.165) is 4.90 Å². The van der Waals surface area contributed by atoms with E-state index in [1.54, 1.807) is 11.3 Å². The molecule has 0 saturated heterocycles. The average Bonchev–Trinajstić information content (AvgIpc) is 2.29. The van der Waals surface area contributed by atoms with E-state index in [0.29, 0.717) is 0 Å². The van der Waals surface area contributed by atoms with Crippen LogP contribution in [0.1, 0.15) is 5.01 Å². The SMILES string of the molecule is Cc1sc2cccc(S)c2[n+]1C.[I-]. The molecule has 2 rings (SSSR count). The maximum Gasteiger partial charge on any atom is 0.236 e. The molecule has 0 aliphatic rings. The zero-order valence-corrected chi connectivity index (χ0v) is 11.3. The van der Waals surface area contributed by atoms with Gasteiger partial charge in [0.2, 0.25) is 10.5 Å². The quantitative estimate of drug-likeness (QED) is 0.372. The number of hydrogen-bond donors (Lipinski definition) is 1. The first kappa shape index (κ1) is 11.3. The Bertz CT molecular complexity index is 436. The largest absolute Gasteiger partial charge is 1.00 e. The maximum atomic E-state index is 4.42. The number of nitrogens with zero attached hydrogens (tertiary/aromatic N) is 1. The molecule has 1 aromatic carbocycles. The zero-order valence-electron chi connectivity index (χ0n) is 7.41. The van der Waals surface area contributed by atoms with Gasteiger partial charge in [-0.05, 0) is 12.1 Å². The van der Waals surface area contributed by atoms with Crippen LogP contribution in [0.2, 0.25) is 0 Å². The van der Waals surface area contributed by atoms with Gasteiger partial charge < -0.3 is 24.0 Å². The molecule has 4 heteroatoms. The Morgan fingerprint density at radius 1 is 1.38 bits per heavy atom. The predicted octanol–water partition coefficient (Wildman–Crippen LogP) is -0.673. The summed E-state index contributed by atoms with van der Waals surface area (Å²) in [7, 11) is 2.08. The van der Waals surface area contributed by atoms with Crippen molar-refractivity contribution in [2.75, 3.05) is 0 Å². The van der Waals surface area contributed by atoms with Gasteiger partial charge in [-0.3, -0.25) is 0 Å². The highest BCUT2D eigenvalue weighted by molar-refractivity contribution is 7.80. The van der Waals surface area contributed by atoms with Crippen molar-refractivity contribution in [2.45, 2.75) is 11.8 Å². The molecule has 13 heavy (non-hydrogen) atoms. The molecule has 0 aliphatic carbocycles. The lowest BCUT2D eigenvalue weighted by molar-refractivity contribution is -0.647. The number of para-hydroxylation sites is 1. The molecule has 1 nitrogen and oxygen atoms in total. The van der Waals surface area contributed by atoms with E-state index in [1.165, 1.54) is 15.2 Å². The van der Waals surface area contributed by atoms with Crippen LogP contribution >= 0.6 is 24.0 Å². The minimum absolute atomic E-state index is 0. The van der Waals surface area contributed by atoms with Crippen molar-refractivity contribution in [1.29, 1.82) is 0 Å². The van der Waals surface area contributed by atoms with Gasteiger partial charge in [0, 0.05) is 6.92 Å². The summed E-state index contributed by atoms with van der Waals surface area (Å²) in [5.41, 5.74) is 1.24. The van der Waals surface area contributed by atoms with Crippen molar-refractivity contribution in [3.05, 3.63) is 23.2 Å². The van der Waals surface area contributed by atoms with Gasteiger partial charge in [-0.2, -0.15) is 4.57 Å². The lowest BCUT2D eigenvalue weighted by Gasteiger charge is -1.89. The van der Waals surface area contributed by atoms with Crippen molar-refractivity contribution in [1.82, 2.24) is 0 Å². The van der Waals surface area contributed by atoms with E-state index < -0.39 is 0 Å². The summed E-state index contributed by atoms with van der Waals surface area (Å²) in [6.45, 7) is 2.12. The second-order valence-electron chi connectivity index (χ2n) is 2.80. The fourth-order valence-corrected chi connectivity index (χ4v) is 2.78. The summed E-state index contributed by atoms with van der Waals surface area (Å²) in [4.78, 5) is 1.05. The molecular formula is C9H10INS2. The molecule has 0 N–H and O–H groups in total. The molecule has 1 heterocycles. The Morgan fingerprint density at radius 3 is 2.69 bits per heavy atom. The molecule has 0 spiro atoms. The molecule has 2 aromatic rings. The molecule has 0 saturated carbocycles. The van der Waals surface area contributed by atoms with Crippen LogP contribution in [0.4, 0.5) is 0 Å². The summed E-state index contributed by atoms with van der Waals surface area (Å²) in [6, 6.07) is 6.20. The number of thiazole rings is 1. The minimum atomic E-state index is 0. The first-order chi connectivity index (χ1) is 5.70. The van der Waals surface area contributed by atoms with Gasteiger partial charge in [-0.25, -0.2) is 0 Å². The Labute approximate surface area is 104 Å². The molecule has 0 bridgehead atoms. The van der Waals surface area contributed by atoms with E-state index in [-0.39, 0.29) is 24.0 Å². The molecule has 0 amide bonds. The van der Waals surface area contributed by atoms with Crippen molar-refractivity contribution < 1.29 is 28.5 Å². The third kappa shape index (κ3) is 1.85. The van der Waals surface area contributed by atoms with Crippen molar-refractivity contribution >= 4 is 34.2 Å². The number of hydrogen-bond acceptors (Lipinski definition) is 2. The van der Waals surface area contributed by atoms with Crippen LogP contribution < -0.4 is 28.5 Å². The van der Waals surface area contributed by atoms with Gasteiger partial charge in [0.1, 0.15) is 11.7 Å². The number of aryl methyl sites for hydroxylation is 2. The molecule has 0 unspecified atom stereocenters. The van der Waals surface area contributed by atoms with Crippen molar-refractivity contribution in [2.24, 2.45) is 7.05 Å². The van der Waals surface area contributed by atoms with Gasteiger partial charge in [0.05, 0.1) is 4.90 Å². The normalized spacial score (nSPS) is 10.1. The van der Waals surface area contributed by atoms with E-state index in [2.05, 4.69) is 37.2 Å². The molecule has 0 aliphatic heterocycles. The number of rotatable bonds is 0. The fraction of sp³-hybridized carbons (Fsp3) is 0.222. The van der Waals surface area contributed by atoms with Crippen LogP contribution in [0, 0.1) is 6.92 Å². The predicted molar refractivity (Wildman–Crippen MR) is 55.0 cm³/mol. The van der Waals surface area contributed by atoms with Crippen LogP contribution in [-0.2, 0) is 7.05 Å². The Hall–Kier alpha value is 0.190. The van der Waals surface area contributed by atoms with Crippen molar-refractivity contribution in [3.63, 3.8) is 0 Å². The highest BCUT2D eigenvalue weighted by atomic mass is 127. The summed E-state index contributed by atoms with van der Waals surface area (Å²) >= 11 is 6.23. The summed E-state index contributed by atoms with van der Waals surface area (Å²) in [6.07, 6.45) is 0. The van der Waals surface area contributed by atoms with Crippen LogP contribution in [0.3, 0.4) is 0 Å².